The fraction of sp³-hybridized carbons (Fsp3) is 0.438. The molecular formula is C80H93Cl2N9O26S. The van der Waals surface area contributed by atoms with E-state index in [1.807, 2.05) is 26.0 Å². The number of phenols is 3. The monoisotopic (exact) mass is 1700 g/mol. The Kier molecular flexibility index (Phi) is 28.8. The number of likely N-dealkylation sites (N-methyl/N-ethyl adjacent to an activating group) is 1. The normalized spacial score (nSPS) is 26.8. The third kappa shape index (κ3) is 20.6. The first kappa shape index (κ1) is 88.6. The zero-order valence-corrected chi connectivity index (χ0v) is 66.9. The molecule has 7 amide bonds. The first-order valence-corrected chi connectivity index (χ1v) is 39.5. The van der Waals surface area contributed by atoms with Crippen molar-refractivity contribution in [2.24, 2.45) is 11.7 Å². The lowest BCUT2D eigenvalue weighted by Crippen LogP contribution is -2.65. The molecule has 20 N–H and O–H groups in total. The Balaban J connectivity index is 1.08. The highest BCUT2D eigenvalue weighted by atomic mass is 35.5. The maximum Gasteiger partial charge on any atom is 0.330 e. The van der Waals surface area contributed by atoms with E-state index in [4.69, 9.17) is 62.1 Å². The summed E-state index contributed by atoms with van der Waals surface area (Å²) >= 11 is 15.6. The van der Waals surface area contributed by atoms with Gasteiger partial charge in [-0.2, -0.15) is 0 Å². The molecule has 6 aromatic rings. The summed E-state index contributed by atoms with van der Waals surface area (Å²) in [6.07, 6.45) is -16.4. The number of aliphatic hydroxyl groups is 6. The zero-order chi connectivity index (χ0) is 85.5. The van der Waals surface area contributed by atoms with Crippen LogP contribution in [-0.2, 0) is 63.9 Å². The van der Waals surface area contributed by atoms with Crippen LogP contribution in [0.15, 0.2) is 103 Å². The maximum absolute atomic E-state index is 16.2. The molecule has 18 atom stereocenters. The number of carbonyl (C=O) groups is 9. The number of nitrogens with two attached hydrogens (primary N) is 1. The molecule has 0 spiro atoms. The molecule has 0 aromatic heterocycles. The molecule has 0 saturated carbocycles. The third-order valence-electron chi connectivity index (χ3n) is 20.7. The number of halogens is 2. The summed E-state index contributed by atoms with van der Waals surface area (Å²) in [6, 6.07) is 6.56. The lowest BCUT2D eigenvalue weighted by molar-refractivity contribution is -0.334. The van der Waals surface area contributed by atoms with E-state index in [1.165, 1.54) is 37.9 Å². The molecule has 2 saturated heterocycles. The summed E-state index contributed by atoms with van der Waals surface area (Å²) in [5, 5.41) is 137. The number of amides is 7. The van der Waals surface area contributed by atoms with Gasteiger partial charge in [-0.05, 0) is 147 Å². The van der Waals surface area contributed by atoms with Crippen molar-refractivity contribution in [1.82, 2.24) is 42.5 Å². The second kappa shape index (κ2) is 38.3. The Hall–Kier alpha value is -10.2. The first-order chi connectivity index (χ1) is 56.0. The lowest BCUT2D eigenvalue weighted by Gasteiger charge is -2.48. The summed E-state index contributed by atoms with van der Waals surface area (Å²) < 4.78 is 45.6. The minimum atomic E-state index is -2.37. The van der Waals surface area contributed by atoms with Crippen LogP contribution in [0.5, 0.6) is 51.7 Å². The average Bonchev–Trinajstić information content (AvgIpc) is 0.766. The third-order valence-corrected chi connectivity index (χ3v) is 22.2. The van der Waals surface area contributed by atoms with Gasteiger partial charge in [0.2, 0.25) is 53.4 Å². The van der Waals surface area contributed by atoms with Gasteiger partial charge in [-0.15, -0.1) is 0 Å². The van der Waals surface area contributed by atoms with Crippen molar-refractivity contribution in [1.29, 1.82) is 0 Å². The van der Waals surface area contributed by atoms with Gasteiger partial charge in [0.1, 0.15) is 95.2 Å². The largest absolute Gasteiger partial charge is 0.508 e. The van der Waals surface area contributed by atoms with Gasteiger partial charge in [-0.25, -0.2) is 4.79 Å². The van der Waals surface area contributed by atoms with Gasteiger partial charge in [-0.1, -0.05) is 79.1 Å². The average molecular weight is 1700 g/mol. The van der Waals surface area contributed by atoms with Crippen molar-refractivity contribution in [2.45, 2.75) is 189 Å². The van der Waals surface area contributed by atoms with Crippen molar-refractivity contribution in [3.63, 3.8) is 0 Å². The van der Waals surface area contributed by atoms with E-state index >= 15 is 14.4 Å². The summed E-state index contributed by atoms with van der Waals surface area (Å²) in [6.45, 7) is 8.02. The number of ether oxygens (including phenoxy) is 7. The van der Waals surface area contributed by atoms with Crippen molar-refractivity contribution in [3.05, 3.63) is 147 Å². The van der Waals surface area contributed by atoms with E-state index in [2.05, 4.69) is 42.5 Å². The molecule has 0 aliphatic carbocycles. The molecule has 7 aliphatic heterocycles. The molecule has 11 bridgehead atoms. The number of carboxylic acids is 1. The maximum atomic E-state index is 16.2. The highest BCUT2D eigenvalue weighted by molar-refractivity contribution is 8.13. The van der Waals surface area contributed by atoms with E-state index in [0.29, 0.717) is 18.1 Å². The van der Waals surface area contributed by atoms with E-state index in [1.54, 1.807) is 26.0 Å². The second-order valence-electron chi connectivity index (χ2n) is 29.9. The van der Waals surface area contributed by atoms with Gasteiger partial charge in [0.25, 0.3) is 0 Å². The summed E-state index contributed by atoms with van der Waals surface area (Å²) in [5.74, 6) is -14.8. The number of aliphatic carboxylic acids is 1. The Morgan fingerprint density at radius 3 is 2.00 bits per heavy atom. The predicted octanol–water partition coefficient (Wildman–Crippen LogP) is 3.77. The van der Waals surface area contributed by atoms with Crippen LogP contribution in [0.3, 0.4) is 0 Å². The molecule has 35 nitrogen and oxygen atoms in total. The van der Waals surface area contributed by atoms with Crippen LogP contribution < -0.4 is 67.2 Å². The predicted molar refractivity (Wildman–Crippen MR) is 421 cm³/mol. The standard InChI is InChI=1S/C80H93Cl2N9O26S/c1-34(2)21-48(84-6)72(103)90-63-65(98)39-14-17-52(46(81)24-39)113-54-26-41-27-55(69(54)117-79-70(68(101)67(100)56(33-92)115-79)116-58-31-80(5,71(102)35(3)112-58)85-32-37-11-10-12-43(22-37)111-19-8-7-9-20-118-36(4)93)114-53-18-15-40(25-47(53)82)66(99)64-77(108)89-62(78(109)110)45-28-42(94)29-51(96)59(45)44-23-38(13-16-50(44)95)60(74(105)91-64)88-75(106)61(41)87-73(104)49(30-57(83)97)86-76(63)107/h10-18,22-29,34-35,48-49,56,58,60-68,70-71,79,84-85,92,94-96,98-102H,7-9,19-21,30-33H2,1-6H3,(H2,83,97)(H,86,107)(H,87,104)(H,88,106)(H,89,108)(H,90,103)(H,91,105)(H,109,110)/t35-,48+,49-,56+,58-,60+,61+,62-,63+,64-,65+,66+,67+,68-,70+,71+,79-,80-/m0/s1. The smallest absolute Gasteiger partial charge is 0.330 e. The molecule has 38 heteroatoms. The van der Waals surface area contributed by atoms with Gasteiger partial charge in [-0.3, -0.25) is 38.4 Å². The van der Waals surface area contributed by atoms with Crippen LogP contribution in [-0.4, -0.2) is 208 Å². The molecule has 118 heavy (non-hydrogen) atoms. The Bertz CT molecular complexity index is 4780. The van der Waals surface area contributed by atoms with Crippen molar-refractivity contribution < 1.29 is 127 Å². The van der Waals surface area contributed by atoms with Crippen LogP contribution >= 0.6 is 35.0 Å². The Morgan fingerprint density at radius 1 is 0.712 bits per heavy atom. The van der Waals surface area contributed by atoms with Crippen molar-refractivity contribution in [2.75, 3.05) is 26.0 Å². The highest BCUT2D eigenvalue weighted by Gasteiger charge is 2.52. The van der Waals surface area contributed by atoms with E-state index < -0.39 is 237 Å². The van der Waals surface area contributed by atoms with Crippen molar-refractivity contribution >= 4 is 87.4 Å². The number of aromatic hydroxyl groups is 3. The Morgan fingerprint density at radius 2 is 1.36 bits per heavy atom. The van der Waals surface area contributed by atoms with Crippen LogP contribution in [0.4, 0.5) is 0 Å². The molecular weight excluding hydrogens is 1610 g/mol. The SMILES string of the molecule is CN[C@H](CC(C)C)C(=O)N[C@H]1C(=O)N[C@@H](CC(N)=O)C(=O)N[C@H]2C(=O)N[C@H]3C(=O)N[C@H](C(=O)N[C@H](C(=O)O)c4cc(O)cc(O)c4-c4cc3ccc4O)[C@H](O)c3ccc(c(Cl)c3)Oc3cc2cc(c3O[C@@H]2O[C@H](CO)[C@@H](O)[C@H](O)[C@H]2O[C@H]2C[C@](C)(NCc3cccc(OCCCCCSC(C)=O)c3)[C@H](O)[C@H](C)O2)Oc2ccc(cc2Cl)[C@H]1O. The number of rotatable bonds is 23. The number of carboxylic acid groups (broad SMARTS) is 1. The van der Waals surface area contributed by atoms with Crippen LogP contribution in [0, 0.1) is 5.92 Å². The number of hydrogen-bond donors (Lipinski definition) is 19. The molecule has 2 fully saturated rings. The number of aliphatic hydroxyl groups excluding tert-OH is 6. The zero-order valence-electron chi connectivity index (χ0n) is 64.5. The minimum absolute atomic E-state index is 0.0517. The van der Waals surface area contributed by atoms with Gasteiger partial charge in [0, 0.05) is 53.9 Å². The molecule has 634 valence electrons. The molecule has 0 radical (unpaired) electrons. The number of hydrogen-bond acceptors (Lipinski definition) is 28. The number of benzene rings is 6. The highest BCUT2D eigenvalue weighted by Crippen LogP contribution is 2.50. The van der Waals surface area contributed by atoms with Crippen LogP contribution in [0.2, 0.25) is 10.0 Å². The van der Waals surface area contributed by atoms with E-state index in [9.17, 15) is 79.8 Å². The van der Waals surface area contributed by atoms with Crippen LogP contribution in [0.25, 0.3) is 11.1 Å². The number of unbranched alkanes of at least 4 members (excludes halogenated alkanes) is 2. The summed E-state index contributed by atoms with van der Waals surface area (Å²) in [4.78, 5) is 129. The van der Waals surface area contributed by atoms with Crippen LogP contribution in [0.1, 0.15) is 137 Å². The quantitative estimate of drug-likeness (QED) is 0.0406. The summed E-state index contributed by atoms with van der Waals surface area (Å²) in [7, 11) is 1.47. The van der Waals surface area contributed by atoms with Gasteiger partial charge in [0.05, 0.1) is 47.9 Å². The molecule has 7 heterocycles. The second-order valence-corrected chi connectivity index (χ2v) is 32.0. The van der Waals surface area contributed by atoms with Gasteiger partial charge >= 0.3 is 5.97 Å². The minimum Gasteiger partial charge on any atom is -0.508 e. The van der Waals surface area contributed by atoms with Gasteiger partial charge < -0.3 is 132 Å². The fourth-order valence-electron chi connectivity index (χ4n) is 14.5. The number of fused-ring (bicyclic) bond motifs is 15. The number of nitrogens with one attached hydrogen (secondary N) is 8. The van der Waals surface area contributed by atoms with E-state index in [0.717, 1.165) is 91.6 Å². The van der Waals surface area contributed by atoms with E-state index in [-0.39, 0.29) is 57.9 Å². The number of primary amides is 1. The number of carbonyl (C=O) groups excluding carboxylic acids is 8. The molecule has 0 unspecified atom stereocenters. The summed E-state index contributed by atoms with van der Waals surface area (Å²) in [5.41, 5.74) is 2.39. The topological polar surface area (TPSA) is 543 Å². The molecule has 7 aliphatic rings. The Labute approximate surface area is 689 Å². The lowest BCUT2D eigenvalue weighted by atomic mass is 9.84. The fourth-order valence-corrected chi connectivity index (χ4v) is 15.6. The first-order valence-electron chi connectivity index (χ1n) is 37.8. The van der Waals surface area contributed by atoms with Gasteiger partial charge in [0.15, 0.2) is 35.1 Å². The number of thioether (sulfide) groups is 1. The van der Waals surface area contributed by atoms with Crippen molar-refractivity contribution in [3.8, 4) is 62.9 Å². The molecule has 6 aromatic carbocycles. The number of phenolic OH excluding ortho intramolecular Hbond substituents is 3. The molecule has 13 rings (SSSR count).